The molecule has 0 radical (unpaired) electrons. The molecular formula is C14H12F3NO3S2. The summed E-state index contributed by atoms with van der Waals surface area (Å²) in [5.41, 5.74) is 0.399. The molecule has 4 nitrogen and oxygen atoms in total. The molecule has 23 heavy (non-hydrogen) atoms. The van der Waals surface area contributed by atoms with Crippen LogP contribution in [0.3, 0.4) is 0 Å². The highest BCUT2D eigenvalue weighted by Gasteiger charge is 2.31. The number of anilines is 1. The zero-order valence-electron chi connectivity index (χ0n) is 11.8. The van der Waals surface area contributed by atoms with Gasteiger partial charge in [-0.3, -0.25) is 4.72 Å². The summed E-state index contributed by atoms with van der Waals surface area (Å²) in [4.78, 5) is 0.566. The molecule has 2 aromatic carbocycles. The lowest BCUT2D eigenvalue weighted by Crippen LogP contribution is -2.17. The summed E-state index contributed by atoms with van der Waals surface area (Å²) in [6, 6.07) is 10.8. The topological polar surface area (TPSA) is 55.4 Å². The van der Waals surface area contributed by atoms with Crippen LogP contribution in [0.25, 0.3) is 0 Å². The standard InChI is InChI=1S/C14H12F3NO3S2/c1-22-13-5-3-2-4-12(13)18-23(19,20)11-8-6-10(7-9-11)21-14(15,16)17/h2-9,18H,1H3. The van der Waals surface area contributed by atoms with Crippen molar-refractivity contribution in [2.45, 2.75) is 16.2 Å². The summed E-state index contributed by atoms with van der Waals surface area (Å²) in [5, 5.41) is 0. The van der Waals surface area contributed by atoms with E-state index in [0.717, 1.165) is 29.2 Å². The van der Waals surface area contributed by atoms with Gasteiger partial charge >= 0.3 is 6.36 Å². The largest absolute Gasteiger partial charge is 0.573 e. The molecule has 0 aromatic heterocycles. The number of benzene rings is 2. The maximum atomic E-state index is 12.3. The number of hydrogen-bond donors (Lipinski definition) is 1. The number of halogens is 3. The SMILES string of the molecule is CSc1ccccc1NS(=O)(=O)c1ccc(OC(F)(F)F)cc1. The van der Waals surface area contributed by atoms with Crippen molar-refractivity contribution in [1.29, 1.82) is 0 Å². The van der Waals surface area contributed by atoms with E-state index in [1.165, 1.54) is 11.8 Å². The van der Waals surface area contributed by atoms with Crippen molar-refractivity contribution in [1.82, 2.24) is 0 Å². The van der Waals surface area contributed by atoms with Crippen molar-refractivity contribution >= 4 is 27.5 Å². The normalized spacial score (nSPS) is 12.0. The van der Waals surface area contributed by atoms with Gasteiger partial charge in [0.25, 0.3) is 10.0 Å². The van der Waals surface area contributed by atoms with E-state index < -0.39 is 22.1 Å². The first-order valence-electron chi connectivity index (χ1n) is 6.23. The van der Waals surface area contributed by atoms with Crippen LogP contribution in [-0.4, -0.2) is 21.0 Å². The molecule has 2 aromatic rings. The third-order valence-electron chi connectivity index (χ3n) is 2.72. The second-order valence-corrected chi connectivity index (χ2v) is 6.86. The van der Waals surface area contributed by atoms with Gasteiger partial charge in [0.1, 0.15) is 5.75 Å². The van der Waals surface area contributed by atoms with Gasteiger partial charge in [0.2, 0.25) is 0 Å². The zero-order valence-corrected chi connectivity index (χ0v) is 13.4. The van der Waals surface area contributed by atoms with Gasteiger partial charge in [0, 0.05) is 4.90 Å². The minimum atomic E-state index is -4.82. The Hall–Kier alpha value is -1.87. The third kappa shape index (κ3) is 4.80. The summed E-state index contributed by atoms with van der Waals surface area (Å²) in [6.07, 6.45) is -3.02. The van der Waals surface area contributed by atoms with Crippen molar-refractivity contribution in [3.05, 3.63) is 48.5 Å². The van der Waals surface area contributed by atoms with Crippen LogP contribution in [-0.2, 0) is 10.0 Å². The molecule has 0 amide bonds. The fraction of sp³-hybridized carbons (Fsp3) is 0.143. The molecule has 0 saturated heterocycles. The second-order valence-electron chi connectivity index (χ2n) is 4.32. The van der Waals surface area contributed by atoms with Crippen LogP contribution in [0.2, 0.25) is 0 Å². The first-order chi connectivity index (χ1) is 10.7. The van der Waals surface area contributed by atoms with Gasteiger partial charge in [0.05, 0.1) is 10.6 Å². The molecule has 0 atom stereocenters. The Balaban J connectivity index is 2.23. The van der Waals surface area contributed by atoms with Crippen LogP contribution < -0.4 is 9.46 Å². The summed E-state index contributed by atoms with van der Waals surface area (Å²) >= 11 is 1.37. The highest BCUT2D eigenvalue weighted by atomic mass is 32.2. The number of alkyl halides is 3. The van der Waals surface area contributed by atoms with Gasteiger partial charge in [-0.25, -0.2) is 8.42 Å². The van der Waals surface area contributed by atoms with Crippen molar-refractivity contribution in [2.24, 2.45) is 0 Å². The van der Waals surface area contributed by atoms with Gasteiger partial charge in [-0.1, -0.05) is 12.1 Å². The van der Waals surface area contributed by atoms with E-state index in [1.54, 1.807) is 30.5 Å². The van der Waals surface area contributed by atoms with Crippen LogP contribution in [0.1, 0.15) is 0 Å². The fourth-order valence-corrected chi connectivity index (χ4v) is 3.45. The van der Waals surface area contributed by atoms with Crippen LogP contribution in [0, 0.1) is 0 Å². The molecule has 9 heteroatoms. The van der Waals surface area contributed by atoms with Gasteiger partial charge < -0.3 is 4.74 Å². The van der Waals surface area contributed by atoms with Crippen LogP contribution in [0.5, 0.6) is 5.75 Å². The lowest BCUT2D eigenvalue weighted by Gasteiger charge is -2.12. The van der Waals surface area contributed by atoms with Crippen LogP contribution in [0.15, 0.2) is 58.3 Å². The average molecular weight is 363 g/mol. The zero-order chi connectivity index (χ0) is 17.1. The molecule has 0 unspecified atom stereocenters. The summed E-state index contributed by atoms with van der Waals surface area (Å²) in [5.74, 6) is -0.485. The van der Waals surface area contributed by atoms with Crippen molar-refractivity contribution in [3.63, 3.8) is 0 Å². The van der Waals surface area contributed by atoms with E-state index in [-0.39, 0.29) is 4.90 Å². The minimum absolute atomic E-state index is 0.164. The lowest BCUT2D eigenvalue weighted by atomic mass is 10.3. The number of sulfonamides is 1. The Kier molecular flexibility index (Phi) is 5.10. The Labute approximate surface area is 135 Å². The molecule has 2 rings (SSSR count). The highest BCUT2D eigenvalue weighted by molar-refractivity contribution is 7.99. The van der Waals surface area contributed by atoms with Gasteiger partial charge in [-0.05, 0) is 42.7 Å². The number of hydrogen-bond acceptors (Lipinski definition) is 4. The average Bonchev–Trinajstić information content (AvgIpc) is 2.46. The highest BCUT2D eigenvalue weighted by Crippen LogP contribution is 2.28. The Morgan fingerprint density at radius 3 is 2.22 bits per heavy atom. The first-order valence-corrected chi connectivity index (χ1v) is 8.94. The number of para-hydroxylation sites is 1. The minimum Gasteiger partial charge on any atom is -0.406 e. The molecule has 0 fully saturated rings. The summed E-state index contributed by atoms with van der Waals surface area (Å²) in [7, 11) is -3.91. The molecule has 0 bridgehead atoms. The Morgan fingerprint density at radius 2 is 1.65 bits per heavy atom. The van der Waals surface area contributed by atoms with E-state index in [1.807, 2.05) is 0 Å². The summed E-state index contributed by atoms with van der Waals surface area (Å²) < 4.78 is 67.0. The Morgan fingerprint density at radius 1 is 1.04 bits per heavy atom. The predicted octanol–water partition coefficient (Wildman–Crippen LogP) is 4.11. The van der Waals surface area contributed by atoms with E-state index in [2.05, 4.69) is 9.46 Å². The molecule has 0 aliphatic heterocycles. The second kappa shape index (κ2) is 6.71. The number of ether oxygens (including phenoxy) is 1. The van der Waals surface area contributed by atoms with Crippen molar-refractivity contribution < 1.29 is 26.3 Å². The molecule has 0 spiro atoms. The van der Waals surface area contributed by atoms with E-state index >= 15 is 0 Å². The maximum absolute atomic E-state index is 12.3. The van der Waals surface area contributed by atoms with Crippen LogP contribution >= 0.6 is 11.8 Å². The molecule has 124 valence electrons. The van der Waals surface area contributed by atoms with Crippen molar-refractivity contribution in [3.8, 4) is 5.75 Å². The third-order valence-corrected chi connectivity index (χ3v) is 4.90. The van der Waals surface area contributed by atoms with Gasteiger partial charge in [-0.2, -0.15) is 0 Å². The number of nitrogens with one attached hydrogen (secondary N) is 1. The molecular weight excluding hydrogens is 351 g/mol. The molecule has 0 heterocycles. The molecule has 0 aliphatic rings. The first kappa shape index (κ1) is 17.5. The number of thioether (sulfide) groups is 1. The van der Waals surface area contributed by atoms with Gasteiger partial charge in [0.15, 0.2) is 0 Å². The fourth-order valence-electron chi connectivity index (χ4n) is 1.75. The van der Waals surface area contributed by atoms with E-state index in [0.29, 0.717) is 5.69 Å². The lowest BCUT2D eigenvalue weighted by molar-refractivity contribution is -0.274. The maximum Gasteiger partial charge on any atom is 0.573 e. The van der Waals surface area contributed by atoms with Crippen LogP contribution in [0.4, 0.5) is 18.9 Å². The summed E-state index contributed by atoms with van der Waals surface area (Å²) in [6.45, 7) is 0. The molecule has 1 N–H and O–H groups in total. The number of rotatable bonds is 5. The Bertz CT molecular complexity index is 775. The van der Waals surface area contributed by atoms with E-state index in [4.69, 9.17) is 0 Å². The molecule has 0 saturated carbocycles. The van der Waals surface area contributed by atoms with Gasteiger partial charge in [-0.15, -0.1) is 24.9 Å². The predicted molar refractivity (Wildman–Crippen MR) is 82.2 cm³/mol. The van der Waals surface area contributed by atoms with E-state index in [9.17, 15) is 21.6 Å². The smallest absolute Gasteiger partial charge is 0.406 e. The monoisotopic (exact) mass is 363 g/mol. The van der Waals surface area contributed by atoms with Crippen molar-refractivity contribution in [2.75, 3.05) is 11.0 Å². The quantitative estimate of drug-likeness (QED) is 0.813. The molecule has 0 aliphatic carbocycles.